The van der Waals surface area contributed by atoms with Crippen LogP contribution in [0.25, 0.3) is 0 Å². The molecular weight excluding hydrogens is 300 g/mol. The van der Waals surface area contributed by atoms with E-state index in [9.17, 15) is 17.2 Å². The molecule has 1 aromatic rings. The van der Waals surface area contributed by atoms with Gasteiger partial charge in [0.05, 0.1) is 0 Å². The summed E-state index contributed by atoms with van der Waals surface area (Å²) in [7, 11) is -3.61. The lowest BCUT2D eigenvalue weighted by Gasteiger charge is -2.30. The van der Waals surface area contributed by atoms with Crippen molar-refractivity contribution >= 4 is 10.2 Å². The van der Waals surface area contributed by atoms with E-state index in [1.54, 1.807) is 0 Å². The van der Waals surface area contributed by atoms with E-state index in [0.717, 1.165) is 25.0 Å². The van der Waals surface area contributed by atoms with E-state index in [2.05, 4.69) is 4.72 Å². The molecule has 3 N–H and O–H groups in total. The second kappa shape index (κ2) is 6.78. The van der Waals surface area contributed by atoms with Gasteiger partial charge in [-0.15, -0.1) is 0 Å². The Balaban J connectivity index is 1.93. The summed E-state index contributed by atoms with van der Waals surface area (Å²) in [5.41, 5.74) is 5.94. The number of nitrogens with one attached hydrogen (secondary N) is 1. The van der Waals surface area contributed by atoms with Crippen molar-refractivity contribution < 1.29 is 17.2 Å². The Morgan fingerprint density at radius 1 is 1.24 bits per heavy atom. The Labute approximate surface area is 123 Å². The monoisotopic (exact) mass is 319 g/mol. The number of benzene rings is 1. The highest BCUT2D eigenvalue weighted by Crippen LogP contribution is 2.18. The molecule has 8 heteroatoms. The lowest BCUT2D eigenvalue weighted by atomic mass is 9.99. The minimum absolute atomic E-state index is 0.0731. The molecule has 1 fully saturated rings. The molecule has 21 heavy (non-hydrogen) atoms. The molecule has 0 amide bonds. The van der Waals surface area contributed by atoms with Gasteiger partial charge in [0.25, 0.3) is 10.2 Å². The third-order valence-corrected chi connectivity index (χ3v) is 5.24. The third-order valence-electron chi connectivity index (χ3n) is 3.69. The Morgan fingerprint density at radius 3 is 2.48 bits per heavy atom. The van der Waals surface area contributed by atoms with Gasteiger partial charge in [0, 0.05) is 19.6 Å². The van der Waals surface area contributed by atoms with Gasteiger partial charge in [-0.3, -0.25) is 0 Å². The lowest BCUT2D eigenvalue weighted by molar-refractivity contribution is 0.275. The Morgan fingerprint density at radius 2 is 1.90 bits per heavy atom. The average molecular weight is 319 g/mol. The first-order valence-electron chi connectivity index (χ1n) is 6.81. The third kappa shape index (κ3) is 4.19. The first kappa shape index (κ1) is 16.3. The molecule has 1 aliphatic heterocycles. The summed E-state index contributed by atoms with van der Waals surface area (Å²) >= 11 is 0. The summed E-state index contributed by atoms with van der Waals surface area (Å²) < 4.78 is 53.9. The number of halogens is 2. The fourth-order valence-corrected chi connectivity index (χ4v) is 3.52. The molecule has 1 heterocycles. The Kier molecular flexibility index (Phi) is 5.26. The van der Waals surface area contributed by atoms with Crippen molar-refractivity contribution in [2.45, 2.75) is 19.4 Å². The van der Waals surface area contributed by atoms with Crippen LogP contribution in [-0.2, 0) is 16.8 Å². The minimum atomic E-state index is -3.61. The molecule has 1 aliphatic rings. The second-order valence-electron chi connectivity index (χ2n) is 5.15. The first-order valence-corrected chi connectivity index (χ1v) is 8.25. The van der Waals surface area contributed by atoms with Gasteiger partial charge in [-0.25, -0.2) is 8.78 Å². The number of piperidine rings is 1. The van der Waals surface area contributed by atoms with Crippen molar-refractivity contribution in [2.75, 3.05) is 19.6 Å². The van der Waals surface area contributed by atoms with E-state index in [-0.39, 0.29) is 6.54 Å². The van der Waals surface area contributed by atoms with Crippen LogP contribution in [-0.4, -0.2) is 32.4 Å². The lowest BCUT2D eigenvalue weighted by Crippen LogP contribution is -2.45. The van der Waals surface area contributed by atoms with Crippen molar-refractivity contribution in [3.63, 3.8) is 0 Å². The fraction of sp³-hybridized carbons (Fsp3) is 0.538. The van der Waals surface area contributed by atoms with Gasteiger partial charge in [0.2, 0.25) is 0 Å². The zero-order valence-electron chi connectivity index (χ0n) is 11.6. The van der Waals surface area contributed by atoms with Gasteiger partial charge in [-0.1, -0.05) is 6.07 Å². The van der Waals surface area contributed by atoms with Gasteiger partial charge in [-0.05, 0) is 43.0 Å². The molecule has 5 nitrogen and oxygen atoms in total. The van der Waals surface area contributed by atoms with Gasteiger partial charge >= 0.3 is 0 Å². The summed E-state index contributed by atoms with van der Waals surface area (Å²) in [6, 6.07) is 3.31. The van der Waals surface area contributed by atoms with E-state index < -0.39 is 21.8 Å². The van der Waals surface area contributed by atoms with Crippen LogP contribution in [0.2, 0.25) is 0 Å². The van der Waals surface area contributed by atoms with Crippen LogP contribution in [0.4, 0.5) is 8.78 Å². The highest BCUT2D eigenvalue weighted by atomic mass is 32.2. The molecule has 0 aromatic heterocycles. The maximum Gasteiger partial charge on any atom is 0.279 e. The minimum Gasteiger partial charge on any atom is -0.330 e. The normalized spacial score (nSPS) is 18.0. The van der Waals surface area contributed by atoms with E-state index in [1.807, 2.05) is 0 Å². The van der Waals surface area contributed by atoms with Crippen molar-refractivity contribution in [3.8, 4) is 0 Å². The molecule has 0 bridgehead atoms. The molecule has 0 spiro atoms. The number of nitrogens with two attached hydrogens (primary N) is 1. The van der Waals surface area contributed by atoms with E-state index >= 15 is 0 Å². The molecule has 0 unspecified atom stereocenters. The summed E-state index contributed by atoms with van der Waals surface area (Å²) in [5.74, 6) is -1.58. The fourth-order valence-electron chi connectivity index (χ4n) is 2.30. The maximum absolute atomic E-state index is 13.1. The zero-order valence-corrected chi connectivity index (χ0v) is 12.4. The standard InChI is InChI=1S/C13H19F2N3O2S/c14-12-2-1-11(7-13(12)15)9-17-21(19,20)18-5-3-10(8-16)4-6-18/h1-2,7,10,17H,3-6,8-9,16H2. The smallest absolute Gasteiger partial charge is 0.279 e. The van der Waals surface area contributed by atoms with Crippen molar-refractivity contribution in [3.05, 3.63) is 35.4 Å². The van der Waals surface area contributed by atoms with Crippen LogP contribution in [0, 0.1) is 17.6 Å². The summed E-state index contributed by atoms with van der Waals surface area (Å²) in [5, 5.41) is 0. The highest BCUT2D eigenvalue weighted by molar-refractivity contribution is 7.87. The van der Waals surface area contributed by atoms with Gasteiger partial charge in [-0.2, -0.15) is 17.4 Å². The molecule has 0 radical (unpaired) electrons. The molecular formula is C13H19F2N3O2S. The number of rotatable bonds is 5. The summed E-state index contributed by atoms with van der Waals surface area (Å²) in [6.07, 6.45) is 1.48. The number of hydrogen-bond acceptors (Lipinski definition) is 3. The Bertz CT molecular complexity index is 587. The molecule has 1 saturated heterocycles. The van der Waals surface area contributed by atoms with Crippen LogP contribution >= 0.6 is 0 Å². The van der Waals surface area contributed by atoms with Gasteiger partial charge in [0.15, 0.2) is 11.6 Å². The van der Waals surface area contributed by atoms with Crippen LogP contribution in [0.15, 0.2) is 18.2 Å². The van der Waals surface area contributed by atoms with Crippen LogP contribution in [0.5, 0.6) is 0 Å². The zero-order chi connectivity index (χ0) is 15.5. The molecule has 2 rings (SSSR count). The Hall–Kier alpha value is -1.09. The quantitative estimate of drug-likeness (QED) is 0.849. The molecule has 118 valence electrons. The molecule has 0 saturated carbocycles. The average Bonchev–Trinajstić information content (AvgIpc) is 2.48. The van der Waals surface area contributed by atoms with Crippen molar-refractivity contribution in [1.29, 1.82) is 0 Å². The van der Waals surface area contributed by atoms with Crippen LogP contribution < -0.4 is 10.5 Å². The highest BCUT2D eigenvalue weighted by Gasteiger charge is 2.27. The largest absolute Gasteiger partial charge is 0.330 e. The number of nitrogens with zero attached hydrogens (tertiary/aromatic N) is 1. The predicted octanol–water partition coefficient (Wildman–Crippen LogP) is 0.970. The van der Waals surface area contributed by atoms with E-state index in [0.29, 0.717) is 31.1 Å². The van der Waals surface area contributed by atoms with E-state index in [4.69, 9.17) is 5.73 Å². The second-order valence-corrected chi connectivity index (χ2v) is 6.91. The van der Waals surface area contributed by atoms with Crippen LogP contribution in [0.3, 0.4) is 0 Å². The number of hydrogen-bond donors (Lipinski definition) is 2. The molecule has 0 aliphatic carbocycles. The first-order chi connectivity index (χ1) is 9.92. The topological polar surface area (TPSA) is 75.4 Å². The van der Waals surface area contributed by atoms with Gasteiger partial charge < -0.3 is 5.73 Å². The summed E-state index contributed by atoms with van der Waals surface area (Å²) in [4.78, 5) is 0. The SMILES string of the molecule is NCC1CCN(S(=O)(=O)NCc2ccc(F)c(F)c2)CC1. The van der Waals surface area contributed by atoms with Crippen molar-refractivity contribution in [1.82, 2.24) is 9.03 Å². The van der Waals surface area contributed by atoms with Gasteiger partial charge in [0.1, 0.15) is 0 Å². The predicted molar refractivity (Wildman–Crippen MR) is 75.5 cm³/mol. The summed E-state index contributed by atoms with van der Waals surface area (Å²) in [6.45, 7) is 1.34. The maximum atomic E-state index is 13.1. The van der Waals surface area contributed by atoms with Crippen LogP contribution in [0.1, 0.15) is 18.4 Å². The van der Waals surface area contributed by atoms with Crippen molar-refractivity contribution in [2.24, 2.45) is 11.7 Å². The molecule has 0 atom stereocenters. The molecule has 1 aromatic carbocycles. The van der Waals surface area contributed by atoms with E-state index in [1.165, 1.54) is 10.4 Å².